The van der Waals surface area contributed by atoms with E-state index in [1.807, 2.05) is 0 Å². The van der Waals surface area contributed by atoms with Gasteiger partial charge in [0, 0.05) is 12.1 Å². The van der Waals surface area contributed by atoms with Gasteiger partial charge >= 0.3 is 0 Å². The Balaban J connectivity index is 2.48. The maximum Gasteiger partial charge on any atom is 0.135 e. The molecule has 0 amide bonds. The first-order valence-corrected chi connectivity index (χ1v) is 2.78. The summed E-state index contributed by atoms with van der Waals surface area (Å²) in [6, 6.07) is 3.44. The Morgan fingerprint density at radius 3 is 1.70 bits per heavy atom. The molecule has 10 heavy (non-hydrogen) atoms. The normalized spacial score (nSPS) is 10.0. The smallest absolute Gasteiger partial charge is 0.135 e. The summed E-state index contributed by atoms with van der Waals surface area (Å²) >= 11 is 0. The van der Waals surface area contributed by atoms with Crippen molar-refractivity contribution in [3.63, 3.8) is 0 Å². The van der Waals surface area contributed by atoms with Crippen molar-refractivity contribution in [2.45, 2.75) is 0 Å². The van der Waals surface area contributed by atoms with Gasteiger partial charge in [0.25, 0.3) is 0 Å². The molecule has 0 spiro atoms. The summed E-state index contributed by atoms with van der Waals surface area (Å²) in [5, 5.41) is 7.32. The van der Waals surface area contributed by atoms with Crippen molar-refractivity contribution in [3.05, 3.63) is 24.7 Å². The molecule has 0 fully saturated rings. The molecule has 0 aliphatic heterocycles. The van der Waals surface area contributed by atoms with Gasteiger partial charge in [0.15, 0.2) is 0 Å². The first-order valence-electron chi connectivity index (χ1n) is 2.78. The minimum Gasteiger partial charge on any atom is -0.364 e. The first kappa shape index (κ1) is 5.22. The summed E-state index contributed by atoms with van der Waals surface area (Å²) in [4.78, 5) is 0. The highest BCUT2D eigenvalue weighted by Gasteiger charge is 2.01. The van der Waals surface area contributed by atoms with Crippen molar-refractivity contribution in [2.24, 2.45) is 0 Å². The fourth-order valence-electron chi connectivity index (χ4n) is 0.689. The summed E-state index contributed by atoms with van der Waals surface area (Å²) in [5.41, 5.74) is 1.38. The molecule has 0 N–H and O–H groups in total. The number of hydrogen-bond donors (Lipinski definition) is 0. The summed E-state index contributed by atoms with van der Waals surface area (Å²) in [6.07, 6.45) is 2.98. The van der Waals surface area contributed by atoms with Gasteiger partial charge in [0.05, 0.1) is 0 Å². The van der Waals surface area contributed by atoms with Crippen LogP contribution >= 0.6 is 0 Å². The van der Waals surface area contributed by atoms with Crippen molar-refractivity contribution < 1.29 is 9.05 Å². The lowest BCUT2D eigenvalue weighted by molar-refractivity contribution is 0.413. The Bertz CT molecular complexity index is 253. The molecule has 2 rings (SSSR count). The number of rotatable bonds is 1. The standard InChI is InChI=1S/C6H4N2O2/c1-3-9-7-5(1)6-2-4-10-8-6/h1-4H. The third kappa shape index (κ3) is 0.699. The van der Waals surface area contributed by atoms with Crippen LogP contribution in [0, 0.1) is 0 Å². The van der Waals surface area contributed by atoms with Crippen molar-refractivity contribution in [1.29, 1.82) is 0 Å². The van der Waals surface area contributed by atoms with Gasteiger partial charge in [-0.25, -0.2) is 0 Å². The molecule has 50 valence electrons. The SMILES string of the molecule is c1cc(-c2ccon2)no1. The third-order valence-electron chi connectivity index (χ3n) is 1.14. The van der Waals surface area contributed by atoms with E-state index in [1.54, 1.807) is 12.1 Å². The van der Waals surface area contributed by atoms with Gasteiger partial charge in [-0.15, -0.1) is 0 Å². The van der Waals surface area contributed by atoms with Gasteiger partial charge in [0.1, 0.15) is 23.9 Å². The number of nitrogens with zero attached hydrogens (tertiary/aromatic N) is 2. The van der Waals surface area contributed by atoms with Crippen molar-refractivity contribution >= 4 is 0 Å². The second-order valence-electron chi connectivity index (χ2n) is 1.77. The zero-order valence-corrected chi connectivity index (χ0v) is 5.02. The van der Waals surface area contributed by atoms with E-state index in [2.05, 4.69) is 19.4 Å². The van der Waals surface area contributed by atoms with Crippen LogP contribution in [-0.4, -0.2) is 10.3 Å². The van der Waals surface area contributed by atoms with E-state index in [1.165, 1.54) is 12.5 Å². The van der Waals surface area contributed by atoms with E-state index in [4.69, 9.17) is 0 Å². The first-order chi connectivity index (χ1) is 4.97. The van der Waals surface area contributed by atoms with Crippen molar-refractivity contribution in [2.75, 3.05) is 0 Å². The zero-order valence-electron chi connectivity index (χ0n) is 5.02. The van der Waals surface area contributed by atoms with Crippen molar-refractivity contribution in [1.82, 2.24) is 10.3 Å². The molecule has 0 aliphatic carbocycles. The highest BCUT2D eigenvalue weighted by molar-refractivity contribution is 5.50. The Morgan fingerprint density at radius 1 is 0.900 bits per heavy atom. The highest BCUT2D eigenvalue weighted by Crippen LogP contribution is 2.12. The van der Waals surface area contributed by atoms with Gasteiger partial charge in [-0.2, -0.15) is 0 Å². The molecule has 0 bridgehead atoms. The summed E-state index contributed by atoms with van der Waals surface area (Å²) in [6.45, 7) is 0. The minimum absolute atomic E-state index is 0.689. The van der Waals surface area contributed by atoms with Crippen LogP contribution in [-0.2, 0) is 0 Å². The quantitative estimate of drug-likeness (QED) is 0.593. The number of hydrogen-bond acceptors (Lipinski definition) is 4. The predicted molar refractivity (Wildman–Crippen MR) is 32.0 cm³/mol. The molecule has 2 aromatic rings. The fourth-order valence-corrected chi connectivity index (χ4v) is 0.689. The highest BCUT2D eigenvalue weighted by atomic mass is 16.5. The second kappa shape index (κ2) is 1.98. The topological polar surface area (TPSA) is 52.1 Å². The second-order valence-corrected chi connectivity index (χ2v) is 1.77. The van der Waals surface area contributed by atoms with Crippen LogP contribution in [0.5, 0.6) is 0 Å². The monoisotopic (exact) mass is 136 g/mol. The Labute approximate surface area is 56.4 Å². The van der Waals surface area contributed by atoms with Crippen LogP contribution in [0.15, 0.2) is 33.7 Å². The third-order valence-corrected chi connectivity index (χ3v) is 1.14. The van der Waals surface area contributed by atoms with E-state index in [9.17, 15) is 0 Å². The average molecular weight is 136 g/mol. The average Bonchev–Trinajstić information content (AvgIpc) is 2.59. The van der Waals surface area contributed by atoms with E-state index in [-0.39, 0.29) is 0 Å². The molecular formula is C6H4N2O2. The zero-order chi connectivity index (χ0) is 6.81. The lowest BCUT2D eigenvalue weighted by atomic mass is 10.3. The Morgan fingerprint density at radius 2 is 1.40 bits per heavy atom. The molecule has 2 heterocycles. The molecule has 0 atom stereocenters. The van der Waals surface area contributed by atoms with Crippen LogP contribution in [0.25, 0.3) is 11.4 Å². The fraction of sp³-hybridized carbons (Fsp3) is 0. The number of aromatic nitrogens is 2. The molecule has 4 heteroatoms. The molecular weight excluding hydrogens is 132 g/mol. The van der Waals surface area contributed by atoms with E-state index in [0.717, 1.165) is 0 Å². The van der Waals surface area contributed by atoms with E-state index in [0.29, 0.717) is 11.4 Å². The van der Waals surface area contributed by atoms with Crippen LogP contribution in [0.3, 0.4) is 0 Å². The molecule has 0 aromatic carbocycles. The van der Waals surface area contributed by atoms with Gasteiger partial charge in [0.2, 0.25) is 0 Å². The van der Waals surface area contributed by atoms with Gasteiger partial charge in [-0.1, -0.05) is 10.3 Å². The summed E-state index contributed by atoms with van der Waals surface area (Å²) in [7, 11) is 0. The predicted octanol–water partition coefficient (Wildman–Crippen LogP) is 1.33. The maximum atomic E-state index is 4.61. The molecule has 0 radical (unpaired) electrons. The molecule has 4 nitrogen and oxygen atoms in total. The Hall–Kier alpha value is -1.58. The van der Waals surface area contributed by atoms with Crippen LogP contribution in [0.1, 0.15) is 0 Å². The summed E-state index contributed by atoms with van der Waals surface area (Å²) in [5.74, 6) is 0. The summed E-state index contributed by atoms with van der Waals surface area (Å²) < 4.78 is 9.21. The molecule has 0 saturated carbocycles. The van der Waals surface area contributed by atoms with Gasteiger partial charge < -0.3 is 9.05 Å². The van der Waals surface area contributed by atoms with Crippen LogP contribution < -0.4 is 0 Å². The van der Waals surface area contributed by atoms with Crippen LogP contribution in [0.4, 0.5) is 0 Å². The van der Waals surface area contributed by atoms with Gasteiger partial charge in [-0.3, -0.25) is 0 Å². The lowest BCUT2D eigenvalue weighted by Gasteiger charge is -1.78. The minimum atomic E-state index is 0.689. The molecule has 0 saturated heterocycles. The molecule has 0 aliphatic rings. The molecule has 2 aromatic heterocycles. The lowest BCUT2D eigenvalue weighted by Crippen LogP contribution is -1.72. The van der Waals surface area contributed by atoms with E-state index >= 15 is 0 Å². The van der Waals surface area contributed by atoms with Crippen molar-refractivity contribution in [3.8, 4) is 11.4 Å². The maximum absolute atomic E-state index is 4.61. The molecule has 0 unspecified atom stereocenters. The van der Waals surface area contributed by atoms with E-state index < -0.39 is 0 Å². The van der Waals surface area contributed by atoms with Crippen LogP contribution in [0.2, 0.25) is 0 Å². The Kier molecular flexibility index (Phi) is 1.04. The largest absolute Gasteiger partial charge is 0.364 e. The van der Waals surface area contributed by atoms with Gasteiger partial charge in [-0.05, 0) is 0 Å².